The van der Waals surface area contributed by atoms with Gasteiger partial charge in [0.2, 0.25) is 5.89 Å². The van der Waals surface area contributed by atoms with Crippen LogP contribution in [0.15, 0.2) is 59.1 Å². The minimum absolute atomic E-state index is 0.146. The lowest BCUT2D eigenvalue weighted by Gasteiger charge is -2.12. The van der Waals surface area contributed by atoms with Crippen molar-refractivity contribution in [1.29, 1.82) is 0 Å². The van der Waals surface area contributed by atoms with Crippen LogP contribution in [0.2, 0.25) is 0 Å². The van der Waals surface area contributed by atoms with Crippen molar-refractivity contribution in [3.8, 4) is 11.3 Å². The van der Waals surface area contributed by atoms with Crippen molar-refractivity contribution in [2.75, 3.05) is 12.4 Å². The Hall–Kier alpha value is -3.61. The molecule has 0 saturated carbocycles. The number of carbonyl (C=O) groups excluding carboxylic acids is 2. The van der Waals surface area contributed by atoms with Gasteiger partial charge in [-0.1, -0.05) is 36.4 Å². The number of hydrogen-bond donors (Lipinski definition) is 3. The van der Waals surface area contributed by atoms with Crippen molar-refractivity contribution in [2.45, 2.75) is 13.5 Å². The molecule has 1 aromatic heterocycles. The van der Waals surface area contributed by atoms with Crippen LogP contribution < -0.4 is 16.0 Å². The van der Waals surface area contributed by atoms with Gasteiger partial charge in [0, 0.05) is 23.9 Å². The van der Waals surface area contributed by atoms with Crippen molar-refractivity contribution in [3.63, 3.8) is 0 Å². The maximum absolute atomic E-state index is 12.2. The standard InChI is InChI=1S/C20H20N4O3/c1-13-15(19(25)21-2)9-6-10-16(13)24-20(26)23-12-18-22-11-17(27-18)14-7-4-3-5-8-14/h3-11H,12H2,1-2H3,(H,21,25)(H2,23,24,26). The molecule has 0 saturated heterocycles. The number of rotatable bonds is 5. The number of oxazole rings is 1. The fourth-order valence-electron chi connectivity index (χ4n) is 2.60. The smallest absolute Gasteiger partial charge is 0.319 e. The molecule has 0 aliphatic heterocycles. The Morgan fingerprint density at radius 3 is 2.59 bits per heavy atom. The van der Waals surface area contributed by atoms with E-state index in [1.807, 2.05) is 30.3 Å². The second kappa shape index (κ2) is 8.18. The van der Waals surface area contributed by atoms with Crippen LogP contribution in [0.5, 0.6) is 0 Å². The summed E-state index contributed by atoms with van der Waals surface area (Å²) in [6, 6.07) is 14.3. The fraction of sp³-hybridized carbons (Fsp3) is 0.150. The molecule has 7 heteroatoms. The van der Waals surface area contributed by atoms with Gasteiger partial charge in [-0.2, -0.15) is 0 Å². The molecule has 0 aliphatic carbocycles. The third kappa shape index (κ3) is 4.33. The number of amides is 3. The van der Waals surface area contributed by atoms with E-state index in [1.54, 1.807) is 38.4 Å². The van der Waals surface area contributed by atoms with E-state index in [9.17, 15) is 9.59 Å². The molecule has 3 rings (SSSR count). The first kappa shape index (κ1) is 18.2. The van der Waals surface area contributed by atoms with Gasteiger partial charge in [0.05, 0.1) is 12.7 Å². The van der Waals surface area contributed by atoms with Crippen molar-refractivity contribution in [3.05, 3.63) is 71.7 Å². The van der Waals surface area contributed by atoms with Crippen LogP contribution in [-0.4, -0.2) is 24.0 Å². The zero-order valence-corrected chi connectivity index (χ0v) is 15.1. The summed E-state index contributed by atoms with van der Waals surface area (Å²) in [5.41, 5.74) is 2.68. The van der Waals surface area contributed by atoms with E-state index in [1.165, 1.54) is 0 Å². The fourth-order valence-corrected chi connectivity index (χ4v) is 2.60. The molecule has 0 unspecified atom stereocenters. The van der Waals surface area contributed by atoms with E-state index in [0.717, 1.165) is 5.56 Å². The first-order valence-electron chi connectivity index (χ1n) is 8.45. The van der Waals surface area contributed by atoms with Gasteiger partial charge in [-0.3, -0.25) is 4.79 Å². The lowest BCUT2D eigenvalue weighted by molar-refractivity contribution is 0.0962. The Kier molecular flexibility index (Phi) is 5.51. The van der Waals surface area contributed by atoms with Crippen molar-refractivity contribution in [1.82, 2.24) is 15.6 Å². The molecule has 7 nitrogen and oxygen atoms in total. The van der Waals surface area contributed by atoms with Crippen LogP contribution in [0.4, 0.5) is 10.5 Å². The Morgan fingerprint density at radius 2 is 1.85 bits per heavy atom. The molecule has 1 heterocycles. The highest BCUT2D eigenvalue weighted by molar-refractivity contribution is 5.98. The molecular weight excluding hydrogens is 344 g/mol. The van der Waals surface area contributed by atoms with Gasteiger partial charge < -0.3 is 20.4 Å². The van der Waals surface area contributed by atoms with Crippen LogP contribution in [0.1, 0.15) is 21.8 Å². The van der Waals surface area contributed by atoms with Crippen LogP contribution in [0.25, 0.3) is 11.3 Å². The summed E-state index contributed by atoms with van der Waals surface area (Å²) in [6.45, 7) is 1.92. The van der Waals surface area contributed by atoms with Gasteiger partial charge in [0.1, 0.15) is 0 Å². The van der Waals surface area contributed by atoms with Crippen molar-refractivity contribution >= 4 is 17.6 Å². The zero-order chi connectivity index (χ0) is 19.2. The van der Waals surface area contributed by atoms with Crippen LogP contribution in [0, 0.1) is 6.92 Å². The lowest BCUT2D eigenvalue weighted by atomic mass is 10.1. The molecule has 3 aromatic rings. The third-order valence-corrected chi connectivity index (χ3v) is 4.07. The van der Waals surface area contributed by atoms with Gasteiger partial charge in [0.25, 0.3) is 5.91 Å². The van der Waals surface area contributed by atoms with Gasteiger partial charge >= 0.3 is 6.03 Å². The predicted octanol–water partition coefficient (Wildman–Crippen LogP) is 3.33. The van der Waals surface area contributed by atoms with E-state index in [0.29, 0.717) is 28.5 Å². The predicted molar refractivity (Wildman–Crippen MR) is 102 cm³/mol. The summed E-state index contributed by atoms with van der Waals surface area (Å²) >= 11 is 0. The summed E-state index contributed by atoms with van der Waals surface area (Å²) in [4.78, 5) is 28.2. The van der Waals surface area contributed by atoms with Gasteiger partial charge in [-0.05, 0) is 24.6 Å². The second-order valence-corrected chi connectivity index (χ2v) is 5.85. The van der Waals surface area contributed by atoms with Crippen LogP contribution >= 0.6 is 0 Å². The number of anilines is 1. The molecule has 2 aromatic carbocycles. The first-order valence-corrected chi connectivity index (χ1v) is 8.45. The zero-order valence-electron chi connectivity index (χ0n) is 15.1. The molecule has 0 aliphatic rings. The Bertz CT molecular complexity index is 951. The topological polar surface area (TPSA) is 96.3 Å². The summed E-state index contributed by atoms with van der Waals surface area (Å²) in [7, 11) is 1.56. The third-order valence-electron chi connectivity index (χ3n) is 4.07. The Labute approximate surface area is 156 Å². The molecule has 138 valence electrons. The summed E-state index contributed by atoms with van der Waals surface area (Å²) in [5, 5.41) is 8.01. The molecule has 0 radical (unpaired) electrons. The summed E-state index contributed by atoms with van der Waals surface area (Å²) in [6.07, 6.45) is 1.63. The molecule has 3 amide bonds. The largest absolute Gasteiger partial charge is 0.439 e. The van der Waals surface area contributed by atoms with Crippen molar-refractivity contribution < 1.29 is 14.0 Å². The summed E-state index contributed by atoms with van der Waals surface area (Å²) < 4.78 is 5.65. The van der Waals surface area contributed by atoms with E-state index >= 15 is 0 Å². The van der Waals surface area contributed by atoms with Crippen LogP contribution in [-0.2, 0) is 6.54 Å². The van der Waals surface area contributed by atoms with E-state index in [-0.39, 0.29) is 12.5 Å². The molecule has 0 bridgehead atoms. The van der Waals surface area contributed by atoms with Gasteiger partial charge in [-0.25, -0.2) is 9.78 Å². The van der Waals surface area contributed by atoms with E-state index in [2.05, 4.69) is 20.9 Å². The second-order valence-electron chi connectivity index (χ2n) is 5.85. The Morgan fingerprint density at radius 1 is 1.07 bits per heavy atom. The van der Waals surface area contributed by atoms with E-state index in [4.69, 9.17) is 4.42 Å². The minimum Gasteiger partial charge on any atom is -0.439 e. The number of nitrogens with zero attached hydrogens (tertiary/aromatic N) is 1. The Balaban J connectivity index is 1.61. The van der Waals surface area contributed by atoms with Gasteiger partial charge in [0.15, 0.2) is 5.76 Å². The molecule has 0 spiro atoms. The normalized spacial score (nSPS) is 10.3. The first-order chi connectivity index (χ1) is 13.1. The average molecular weight is 364 g/mol. The van der Waals surface area contributed by atoms with E-state index < -0.39 is 6.03 Å². The van der Waals surface area contributed by atoms with Crippen LogP contribution in [0.3, 0.4) is 0 Å². The molecule has 3 N–H and O–H groups in total. The number of benzene rings is 2. The highest BCUT2D eigenvalue weighted by Crippen LogP contribution is 2.20. The number of nitrogens with one attached hydrogen (secondary N) is 3. The number of hydrogen-bond acceptors (Lipinski definition) is 4. The maximum Gasteiger partial charge on any atom is 0.319 e. The monoisotopic (exact) mass is 364 g/mol. The number of aromatic nitrogens is 1. The molecule has 0 fully saturated rings. The van der Waals surface area contributed by atoms with Gasteiger partial charge in [-0.15, -0.1) is 0 Å². The molecular formula is C20H20N4O3. The number of urea groups is 1. The SMILES string of the molecule is CNC(=O)c1cccc(NC(=O)NCc2ncc(-c3ccccc3)o2)c1C. The molecule has 0 atom stereocenters. The summed E-state index contributed by atoms with van der Waals surface area (Å²) in [5.74, 6) is 0.839. The lowest BCUT2D eigenvalue weighted by Crippen LogP contribution is -2.29. The quantitative estimate of drug-likeness (QED) is 0.647. The van der Waals surface area contributed by atoms with Crippen molar-refractivity contribution in [2.24, 2.45) is 0 Å². The maximum atomic E-state index is 12.2. The highest BCUT2D eigenvalue weighted by Gasteiger charge is 2.12. The highest BCUT2D eigenvalue weighted by atomic mass is 16.4. The number of carbonyl (C=O) groups is 2. The average Bonchev–Trinajstić information content (AvgIpc) is 3.17. The molecule has 27 heavy (non-hydrogen) atoms. The minimum atomic E-state index is -0.411.